The number of hydrogen-bond acceptors (Lipinski definition) is 5. The number of benzene rings is 2. The Morgan fingerprint density at radius 1 is 1.12 bits per heavy atom. The van der Waals surface area contributed by atoms with Gasteiger partial charge in [-0.1, -0.05) is 23.7 Å². The van der Waals surface area contributed by atoms with E-state index in [4.69, 9.17) is 11.6 Å². The summed E-state index contributed by atoms with van der Waals surface area (Å²) in [5.41, 5.74) is -2.78. The Hall–Kier alpha value is -4.13. The zero-order valence-electron chi connectivity index (χ0n) is 20.7. The van der Waals surface area contributed by atoms with Crippen LogP contribution in [-0.2, 0) is 27.1 Å². The van der Waals surface area contributed by atoms with Gasteiger partial charge < -0.3 is 15.7 Å². The van der Waals surface area contributed by atoms with E-state index >= 15 is 0 Å². The lowest BCUT2D eigenvalue weighted by atomic mass is 10.0. The lowest BCUT2D eigenvalue weighted by Gasteiger charge is -2.22. The molecule has 10 nitrogen and oxygen atoms in total. The largest absolute Gasteiger partial charge is 0.480 e. The van der Waals surface area contributed by atoms with Crippen LogP contribution in [0.1, 0.15) is 48.9 Å². The summed E-state index contributed by atoms with van der Waals surface area (Å²) in [7, 11) is 0. The Labute approximate surface area is 229 Å². The average Bonchev–Trinajstić information content (AvgIpc) is 3.83. The van der Waals surface area contributed by atoms with Crippen molar-refractivity contribution < 1.29 is 32.7 Å². The summed E-state index contributed by atoms with van der Waals surface area (Å²) in [5, 5.41) is 18.9. The van der Waals surface area contributed by atoms with Crippen LogP contribution >= 0.6 is 11.6 Å². The van der Waals surface area contributed by atoms with Gasteiger partial charge in [0.05, 0.1) is 5.56 Å². The Bertz CT molecular complexity index is 1540. The fraction of sp³-hybridized carbons (Fsp3) is 0.346. The van der Waals surface area contributed by atoms with E-state index in [-0.39, 0.29) is 24.4 Å². The molecular formula is C26H23ClF3N5O5. The van der Waals surface area contributed by atoms with Gasteiger partial charge in [0.1, 0.15) is 18.1 Å². The Balaban J connectivity index is 1.43. The molecule has 2 aliphatic carbocycles. The summed E-state index contributed by atoms with van der Waals surface area (Å²) in [6.07, 6.45) is -2.94. The molecule has 5 rings (SSSR count). The molecule has 2 aliphatic rings. The molecule has 2 amide bonds. The number of carbonyl (C=O) groups is 3. The van der Waals surface area contributed by atoms with Crippen LogP contribution in [0.3, 0.4) is 0 Å². The average molecular weight is 578 g/mol. The fourth-order valence-electron chi connectivity index (χ4n) is 4.34. The number of alkyl halides is 3. The van der Waals surface area contributed by atoms with Crippen LogP contribution in [0.5, 0.6) is 0 Å². The number of rotatable bonds is 9. The summed E-state index contributed by atoms with van der Waals surface area (Å²) < 4.78 is 42.5. The van der Waals surface area contributed by atoms with Crippen LogP contribution < -0.4 is 16.3 Å². The third-order valence-electron chi connectivity index (χ3n) is 6.81. The van der Waals surface area contributed by atoms with Gasteiger partial charge in [0.25, 0.3) is 0 Å². The fourth-order valence-corrected chi connectivity index (χ4v) is 4.47. The minimum Gasteiger partial charge on any atom is -0.480 e. The molecule has 0 saturated heterocycles. The van der Waals surface area contributed by atoms with Gasteiger partial charge in [-0.05, 0) is 67.6 Å². The molecule has 210 valence electrons. The van der Waals surface area contributed by atoms with Crippen molar-refractivity contribution in [3.63, 3.8) is 0 Å². The maximum absolute atomic E-state index is 13.4. The SMILES string of the molecule is O=C(Cn1nc(-c2ccc(Cl)cc2)n(C2CC2)c1=O)NC(C(=O)NC1(C(=O)O)CC1)c1cccc(C(F)(F)F)c1. The first kappa shape index (κ1) is 27.4. The number of carboxylic acids is 1. The van der Waals surface area contributed by atoms with Crippen molar-refractivity contribution >= 4 is 29.4 Å². The van der Waals surface area contributed by atoms with Gasteiger partial charge in [-0.25, -0.2) is 14.3 Å². The number of aromatic nitrogens is 3. The lowest BCUT2D eigenvalue weighted by Crippen LogP contribution is -2.49. The second-order valence-corrected chi connectivity index (χ2v) is 10.3. The summed E-state index contributed by atoms with van der Waals surface area (Å²) >= 11 is 5.96. The first-order chi connectivity index (χ1) is 18.9. The van der Waals surface area contributed by atoms with Gasteiger partial charge in [-0.3, -0.25) is 14.2 Å². The Kier molecular flexibility index (Phi) is 6.94. The van der Waals surface area contributed by atoms with E-state index in [2.05, 4.69) is 15.7 Å². The van der Waals surface area contributed by atoms with Gasteiger partial charge in [0.2, 0.25) is 11.8 Å². The molecule has 0 bridgehead atoms. The molecule has 0 aliphatic heterocycles. The van der Waals surface area contributed by atoms with Crippen molar-refractivity contribution in [2.45, 2.75) is 56.0 Å². The molecule has 1 unspecified atom stereocenters. The molecule has 40 heavy (non-hydrogen) atoms. The highest BCUT2D eigenvalue weighted by atomic mass is 35.5. The van der Waals surface area contributed by atoms with Gasteiger partial charge in [0, 0.05) is 16.6 Å². The number of carbonyl (C=O) groups excluding carboxylic acids is 2. The molecule has 1 aromatic heterocycles. The predicted molar refractivity (Wildman–Crippen MR) is 135 cm³/mol. The zero-order valence-corrected chi connectivity index (χ0v) is 21.5. The van der Waals surface area contributed by atoms with Crippen molar-refractivity contribution in [2.24, 2.45) is 0 Å². The number of halogens is 4. The Morgan fingerprint density at radius 3 is 2.38 bits per heavy atom. The minimum absolute atomic E-state index is 0.0932. The zero-order chi connectivity index (χ0) is 28.8. The maximum Gasteiger partial charge on any atom is 0.416 e. The summed E-state index contributed by atoms with van der Waals surface area (Å²) in [6, 6.07) is 8.67. The van der Waals surface area contributed by atoms with Crippen molar-refractivity contribution in [1.82, 2.24) is 25.0 Å². The summed E-state index contributed by atoms with van der Waals surface area (Å²) in [5.74, 6) is -2.85. The standard InChI is InChI=1S/C26H23ClF3N5O5/c27-17-6-4-14(5-7-17)21-33-34(24(40)35(21)18-8-9-18)13-19(36)31-20(22(37)32-25(10-11-25)23(38)39)15-2-1-3-16(12-15)26(28,29)30/h1-7,12,18,20H,8-11,13H2,(H,31,36)(H,32,37)(H,38,39). The number of nitrogens with zero attached hydrogens (tertiary/aromatic N) is 3. The molecule has 14 heteroatoms. The number of carboxylic acid groups (broad SMARTS) is 1. The molecular weight excluding hydrogens is 555 g/mol. The van der Waals surface area contributed by atoms with E-state index in [1.807, 2.05) is 0 Å². The van der Waals surface area contributed by atoms with Crippen LogP contribution in [0.4, 0.5) is 13.2 Å². The molecule has 1 atom stereocenters. The van der Waals surface area contributed by atoms with E-state index in [1.54, 1.807) is 24.3 Å². The van der Waals surface area contributed by atoms with Gasteiger partial charge in [-0.2, -0.15) is 13.2 Å². The highest BCUT2D eigenvalue weighted by Gasteiger charge is 2.52. The van der Waals surface area contributed by atoms with Crippen molar-refractivity contribution in [3.8, 4) is 11.4 Å². The van der Waals surface area contributed by atoms with Crippen LogP contribution in [-0.4, -0.2) is 42.8 Å². The van der Waals surface area contributed by atoms with E-state index in [9.17, 15) is 37.5 Å². The van der Waals surface area contributed by atoms with Gasteiger partial charge in [-0.15, -0.1) is 5.10 Å². The first-order valence-electron chi connectivity index (χ1n) is 12.4. The third kappa shape index (κ3) is 5.60. The molecule has 3 aromatic rings. The van der Waals surface area contributed by atoms with Gasteiger partial charge in [0.15, 0.2) is 5.82 Å². The molecule has 2 saturated carbocycles. The quantitative estimate of drug-likeness (QED) is 0.357. The minimum atomic E-state index is -4.72. The van der Waals surface area contributed by atoms with Crippen LogP contribution in [0.2, 0.25) is 5.02 Å². The first-order valence-corrected chi connectivity index (χ1v) is 12.7. The second-order valence-electron chi connectivity index (χ2n) is 9.87. The highest BCUT2D eigenvalue weighted by Crippen LogP contribution is 2.38. The normalized spacial score (nSPS) is 16.7. The van der Waals surface area contributed by atoms with Crippen LogP contribution in [0.25, 0.3) is 11.4 Å². The van der Waals surface area contributed by atoms with Crippen molar-refractivity contribution in [2.75, 3.05) is 0 Å². The maximum atomic E-state index is 13.4. The second kappa shape index (κ2) is 10.1. The molecule has 2 fully saturated rings. The molecule has 3 N–H and O–H groups in total. The summed E-state index contributed by atoms with van der Waals surface area (Å²) in [6.45, 7) is -0.633. The number of aliphatic carboxylic acids is 1. The van der Waals surface area contributed by atoms with E-state index in [1.165, 1.54) is 10.6 Å². The van der Waals surface area contributed by atoms with Gasteiger partial charge >= 0.3 is 17.8 Å². The smallest absolute Gasteiger partial charge is 0.416 e. The van der Waals surface area contributed by atoms with E-state index in [0.29, 0.717) is 22.5 Å². The predicted octanol–water partition coefficient (Wildman–Crippen LogP) is 3.31. The summed E-state index contributed by atoms with van der Waals surface area (Å²) in [4.78, 5) is 50.9. The lowest BCUT2D eigenvalue weighted by molar-refractivity contribution is -0.143. The molecule has 0 spiro atoms. The van der Waals surface area contributed by atoms with Crippen molar-refractivity contribution in [1.29, 1.82) is 0 Å². The molecule has 2 aromatic carbocycles. The van der Waals surface area contributed by atoms with Crippen molar-refractivity contribution in [3.05, 3.63) is 75.2 Å². The highest BCUT2D eigenvalue weighted by molar-refractivity contribution is 6.30. The van der Waals surface area contributed by atoms with Crippen LogP contribution in [0.15, 0.2) is 53.3 Å². The molecule has 0 radical (unpaired) electrons. The number of amides is 2. The van der Waals surface area contributed by atoms with Crippen LogP contribution in [0, 0.1) is 0 Å². The topological polar surface area (TPSA) is 135 Å². The monoisotopic (exact) mass is 577 g/mol. The molecule has 1 heterocycles. The van der Waals surface area contributed by atoms with E-state index < -0.39 is 53.3 Å². The number of hydrogen-bond donors (Lipinski definition) is 3. The third-order valence-corrected chi connectivity index (χ3v) is 7.07. The Morgan fingerprint density at radius 2 is 1.80 bits per heavy atom. The van der Waals surface area contributed by atoms with E-state index in [0.717, 1.165) is 29.7 Å². The number of nitrogens with one attached hydrogen (secondary N) is 2.